The lowest BCUT2D eigenvalue weighted by Crippen LogP contribution is -2.51. The maximum atomic E-state index is 12.8. The average Bonchev–Trinajstić information content (AvgIpc) is 2.82. The molecule has 1 aliphatic heterocycles. The molecule has 0 spiro atoms. The number of carbonyl (C=O) groups excluding carboxylic acids is 1. The molecule has 2 aromatic carbocycles. The van der Waals surface area contributed by atoms with Gasteiger partial charge in [-0.05, 0) is 36.4 Å². The Labute approximate surface area is 181 Å². The summed E-state index contributed by atoms with van der Waals surface area (Å²) in [6, 6.07) is 12.9. The molecule has 0 bridgehead atoms. The molecule has 164 valence electrons. The summed E-state index contributed by atoms with van der Waals surface area (Å²) in [5.41, 5.74) is 0.421. The number of sulfonamides is 1. The fourth-order valence-electron chi connectivity index (χ4n) is 3.16. The van der Waals surface area contributed by atoms with Crippen molar-refractivity contribution in [3.63, 3.8) is 0 Å². The Bertz CT molecular complexity index is 1070. The van der Waals surface area contributed by atoms with Gasteiger partial charge in [0.2, 0.25) is 10.0 Å². The van der Waals surface area contributed by atoms with E-state index in [9.17, 15) is 13.2 Å². The van der Waals surface area contributed by atoms with Gasteiger partial charge in [0, 0.05) is 32.2 Å². The third kappa shape index (κ3) is 5.07. The Morgan fingerprint density at radius 3 is 2.26 bits per heavy atom. The molecule has 31 heavy (non-hydrogen) atoms. The molecule has 10 heteroatoms. The van der Waals surface area contributed by atoms with Gasteiger partial charge in [0.1, 0.15) is 5.75 Å². The van der Waals surface area contributed by atoms with Crippen LogP contribution >= 0.6 is 0 Å². The van der Waals surface area contributed by atoms with Crippen molar-refractivity contribution in [2.24, 2.45) is 0 Å². The van der Waals surface area contributed by atoms with Gasteiger partial charge in [-0.15, -0.1) is 0 Å². The number of hydrogen-bond acceptors (Lipinski definition) is 7. The number of hydrogen-bond donors (Lipinski definition) is 0. The van der Waals surface area contributed by atoms with Gasteiger partial charge >= 0.3 is 0 Å². The molecular weight excluding hydrogens is 422 g/mol. The normalized spacial score (nSPS) is 14.5. The molecule has 0 aromatic heterocycles. The summed E-state index contributed by atoms with van der Waals surface area (Å²) in [6.07, 6.45) is 0. The van der Waals surface area contributed by atoms with Gasteiger partial charge in [-0.25, -0.2) is 8.42 Å². The first-order chi connectivity index (χ1) is 14.9. The van der Waals surface area contributed by atoms with Gasteiger partial charge < -0.3 is 19.1 Å². The Hall–Kier alpha value is -3.29. The minimum atomic E-state index is -3.64. The number of benzene rings is 2. The van der Waals surface area contributed by atoms with Crippen LogP contribution in [0.5, 0.6) is 17.2 Å². The van der Waals surface area contributed by atoms with Gasteiger partial charge in [0.05, 0.1) is 30.7 Å². The Morgan fingerprint density at radius 2 is 1.68 bits per heavy atom. The quantitative estimate of drug-likeness (QED) is 0.635. The van der Waals surface area contributed by atoms with Crippen LogP contribution in [-0.4, -0.2) is 70.5 Å². The smallest absolute Gasteiger partial charge is 0.260 e. The maximum Gasteiger partial charge on any atom is 0.260 e. The molecule has 9 nitrogen and oxygen atoms in total. The van der Waals surface area contributed by atoms with E-state index in [0.717, 1.165) is 0 Å². The van der Waals surface area contributed by atoms with E-state index in [0.29, 0.717) is 22.8 Å². The SMILES string of the molecule is COc1ccc(S(=O)(=O)N2CCN(C(=O)COc3ccc(C#N)cc3OC)CC2)cc1. The predicted molar refractivity (Wildman–Crippen MR) is 112 cm³/mol. The first-order valence-electron chi connectivity index (χ1n) is 9.52. The topological polar surface area (TPSA) is 109 Å². The second kappa shape index (κ2) is 9.68. The van der Waals surface area contributed by atoms with Crippen molar-refractivity contribution in [2.45, 2.75) is 4.90 Å². The number of nitrogens with zero attached hydrogens (tertiary/aromatic N) is 3. The summed E-state index contributed by atoms with van der Waals surface area (Å²) in [5, 5.41) is 8.95. The van der Waals surface area contributed by atoms with Gasteiger partial charge in [-0.2, -0.15) is 9.57 Å². The van der Waals surface area contributed by atoms with Crippen molar-refractivity contribution >= 4 is 15.9 Å². The van der Waals surface area contributed by atoms with Crippen molar-refractivity contribution in [3.8, 4) is 23.3 Å². The van der Waals surface area contributed by atoms with Crippen molar-refractivity contribution in [2.75, 3.05) is 47.0 Å². The predicted octanol–water partition coefficient (Wildman–Crippen LogP) is 1.49. The Balaban J connectivity index is 1.56. The van der Waals surface area contributed by atoms with Crippen LogP contribution in [-0.2, 0) is 14.8 Å². The summed E-state index contributed by atoms with van der Waals surface area (Å²) >= 11 is 0. The Kier molecular flexibility index (Phi) is 6.99. The minimum absolute atomic E-state index is 0.185. The fourth-order valence-corrected chi connectivity index (χ4v) is 4.58. The zero-order valence-corrected chi connectivity index (χ0v) is 18.1. The van der Waals surface area contributed by atoms with E-state index >= 15 is 0 Å². The lowest BCUT2D eigenvalue weighted by atomic mass is 10.2. The first-order valence-corrected chi connectivity index (χ1v) is 11.0. The van der Waals surface area contributed by atoms with Crippen LogP contribution in [0.15, 0.2) is 47.4 Å². The highest BCUT2D eigenvalue weighted by Gasteiger charge is 2.30. The number of nitriles is 1. The minimum Gasteiger partial charge on any atom is -0.497 e. The number of carbonyl (C=O) groups is 1. The number of amides is 1. The van der Waals surface area contributed by atoms with Crippen LogP contribution in [0.1, 0.15) is 5.56 Å². The van der Waals surface area contributed by atoms with Crippen molar-refractivity contribution < 1.29 is 27.4 Å². The molecule has 0 unspecified atom stereocenters. The molecule has 1 amide bonds. The zero-order valence-electron chi connectivity index (χ0n) is 17.3. The lowest BCUT2D eigenvalue weighted by molar-refractivity contribution is -0.134. The summed E-state index contributed by atoms with van der Waals surface area (Å²) < 4.78 is 42.8. The summed E-state index contributed by atoms with van der Waals surface area (Å²) in [4.78, 5) is 14.3. The van der Waals surface area contributed by atoms with Crippen LogP contribution in [0, 0.1) is 11.3 Å². The lowest BCUT2D eigenvalue weighted by Gasteiger charge is -2.34. The molecule has 1 aliphatic rings. The van der Waals surface area contributed by atoms with Gasteiger partial charge in [-0.1, -0.05) is 0 Å². The largest absolute Gasteiger partial charge is 0.497 e. The van der Waals surface area contributed by atoms with E-state index in [-0.39, 0.29) is 43.6 Å². The van der Waals surface area contributed by atoms with Crippen LogP contribution < -0.4 is 14.2 Å². The molecule has 1 heterocycles. The molecule has 0 radical (unpaired) electrons. The van der Waals surface area contributed by atoms with Crippen LogP contribution in [0.3, 0.4) is 0 Å². The van der Waals surface area contributed by atoms with Crippen molar-refractivity contribution in [3.05, 3.63) is 48.0 Å². The van der Waals surface area contributed by atoms with Crippen LogP contribution in [0.4, 0.5) is 0 Å². The first kappa shape index (κ1) is 22.4. The summed E-state index contributed by atoms with van der Waals surface area (Å²) in [6.45, 7) is 0.707. The fraction of sp³-hybridized carbons (Fsp3) is 0.333. The third-order valence-electron chi connectivity index (χ3n) is 4.93. The number of ether oxygens (including phenoxy) is 3. The number of methoxy groups -OCH3 is 2. The van der Waals surface area contributed by atoms with E-state index < -0.39 is 10.0 Å². The number of piperazine rings is 1. The van der Waals surface area contributed by atoms with E-state index in [2.05, 4.69) is 0 Å². The number of rotatable bonds is 7. The monoisotopic (exact) mass is 445 g/mol. The highest BCUT2D eigenvalue weighted by Crippen LogP contribution is 2.28. The standard InChI is InChI=1S/C21H23N3O6S/c1-28-17-4-6-18(7-5-17)31(26,27)24-11-9-23(10-12-24)21(25)15-30-19-8-3-16(14-22)13-20(19)29-2/h3-8,13H,9-12,15H2,1-2H3. The van der Waals surface area contributed by atoms with Crippen LogP contribution in [0.25, 0.3) is 0 Å². The molecule has 0 N–H and O–H groups in total. The average molecular weight is 445 g/mol. The van der Waals surface area contributed by atoms with E-state index in [1.165, 1.54) is 36.7 Å². The molecule has 0 atom stereocenters. The summed E-state index contributed by atoms with van der Waals surface area (Å²) in [5.74, 6) is 1.04. The molecule has 1 fully saturated rings. The molecule has 0 saturated carbocycles. The summed E-state index contributed by atoms with van der Waals surface area (Å²) in [7, 11) is -0.675. The highest BCUT2D eigenvalue weighted by atomic mass is 32.2. The second-order valence-corrected chi connectivity index (χ2v) is 8.66. The molecule has 1 saturated heterocycles. The zero-order chi connectivity index (χ0) is 22.4. The Morgan fingerprint density at radius 1 is 1.00 bits per heavy atom. The van der Waals surface area contributed by atoms with Gasteiger partial charge in [0.25, 0.3) is 5.91 Å². The molecule has 0 aliphatic carbocycles. The van der Waals surface area contributed by atoms with E-state index in [4.69, 9.17) is 19.5 Å². The third-order valence-corrected chi connectivity index (χ3v) is 6.85. The van der Waals surface area contributed by atoms with Crippen molar-refractivity contribution in [1.82, 2.24) is 9.21 Å². The van der Waals surface area contributed by atoms with Gasteiger partial charge in [-0.3, -0.25) is 4.79 Å². The van der Waals surface area contributed by atoms with E-state index in [1.807, 2.05) is 6.07 Å². The van der Waals surface area contributed by atoms with Crippen molar-refractivity contribution in [1.29, 1.82) is 5.26 Å². The van der Waals surface area contributed by atoms with E-state index in [1.54, 1.807) is 29.2 Å². The maximum absolute atomic E-state index is 12.8. The molecular formula is C21H23N3O6S. The van der Waals surface area contributed by atoms with Crippen LogP contribution in [0.2, 0.25) is 0 Å². The molecule has 2 aromatic rings. The second-order valence-electron chi connectivity index (χ2n) is 6.73. The highest BCUT2D eigenvalue weighted by molar-refractivity contribution is 7.89. The van der Waals surface area contributed by atoms with Gasteiger partial charge in [0.15, 0.2) is 18.1 Å². The molecule has 3 rings (SSSR count).